The summed E-state index contributed by atoms with van der Waals surface area (Å²) in [7, 11) is 0. The van der Waals surface area contributed by atoms with Crippen molar-refractivity contribution in [3.63, 3.8) is 0 Å². The first-order valence-electron chi connectivity index (χ1n) is 8.72. The van der Waals surface area contributed by atoms with Gasteiger partial charge in [-0.1, -0.05) is 65.7 Å². The van der Waals surface area contributed by atoms with Crippen LogP contribution in [0.4, 0.5) is 0 Å². The van der Waals surface area contributed by atoms with Gasteiger partial charge in [-0.25, -0.2) is 0 Å². The lowest BCUT2D eigenvalue weighted by atomic mass is 10.1. The van der Waals surface area contributed by atoms with E-state index in [4.69, 9.17) is 32.4 Å². The maximum absolute atomic E-state index is 13.2. The van der Waals surface area contributed by atoms with E-state index in [-0.39, 0.29) is 17.8 Å². The molecule has 0 unspecified atom stereocenters. The fraction of sp³-hybridized carbons (Fsp3) is 0.0870. The highest BCUT2D eigenvalue weighted by atomic mass is 35.5. The van der Waals surface area contributed by atoms with Crippen LogP contribution in [0, 0.1) is 6.92 Å². The summed E-state index contributed by atoms with van der Waals surface area (Å²) in [5.41, 5.74) is 2.82. The second kappa shape index (κ2) is 7.70. The molecule has 1 aromatic heterocycles. The van der Waals surface area contributed by atoms with Gasteiger partial charge in [0.2, 0.25) is 11.2 Å². The van der Waals surface area contributed by atoms with Gasteiger partial charge >= 0.3 is 0 Å². The zero-order valence-electron chi connectivity index (χ0n) is 15.0. The molecule has 140 valence electrons. The molecule has 3 nitrogen and oxygen atoms in total. The normalized spacial score (nSPS) is 11.0. The van der Waals surface area contributed by atoms with Crippen molar-refractivity contribution in [3.05, 3.63) is 98.1 Å². The van der Waals surface area contributed by atoms with Gasteiger partial charge in [-0.05, 0) is 36.8 Å². The van der Waals surface area contributed by atoms with Gasteiger partial charge in [0, 0.05) is 21.2 Å². The number of fused-ring (bicyclic) bond motifs is 1. The van der Waals surface area contributed by atoms with Crippen LogP contribution in [-0.2, 0) is 6.61 Å². The first-order valence-corrected chi connectivity index (χ1v) is 9.48. The van der Waals surface area contributed by atoms with E-state index in [2.05, 4.69) is 0 Å². The molecule has 0 saturated heterocycles. The van der Waals surface area contributed by atoms with Crippen LogP contribution in [0.2, 0.25) is 10.0 Å². The minimum Gasteiger partial charge on any atom is -0.481 e. The second-order valence-electron chi connectivity index (χ2n) is 6.48. The highest BCUT2D eigenvalue weighted by molar-refractivity contribution is 6.35. The number of halogens is 2. The van der Waals surface area contributed by atoms with Gasteiger partial charge in [-0.2, -0.15) is 0 Å². The van der Waals surface area contributed by atoms with E-state index in [1.807, 2.05) is 49.4 Å². The first-order chi connectivity index (χ1) is 13.5. The second-order valence-corrected chi connectivity index (χ2v) is 7.32. The molecule has 5 heteroatoms. The first kappa shape index (κ1) is 18.6. The van der Waals surface area contributed by atoms with Gasteiger partial charge in [0.1, 0.15) is 12.2 Å². The zero-order valence-corrected chi connectivity index (χ0v) is 16.6. The van der Waals surface area contributed by atoms with Crippen LogP contribution in [0.25, 0.3) is 22.3 Å². The molecule has 3 aromatic carbocycles. The number of aryl methyl sites for hydroxylation is 1. The predicted octanol–water partition coefficient (Wildman–Crippen LogP) is 6.65. The van der Waals surface area contributed by atoms with E-state index in [9.17, 15) is 4.79 Å². The summed E-state index contributed by atoms with van der Waals surface area (Å²) < 4.78 is 12.0. The number of ether oxygens (including phenoxy) is 1. The van der Waals surface area contributed by atoms with E-state index in [0.29, 0.717) is 26.8 Å². The molecule has 4 aromatic rings. The average Bonchev–Trinajstić information content (AvgIpc) is 2.69. The molecule has 1 heterocycles. The quantitative estimate of drug-likeness (QED) is 0.377. The van der Waals surface area contributed by atoms with Crippen molar-refractivity contribution in [2.24, 2.45) is 0 Å². The van der Waals surface area contributed by atoms with Crippen LogP contribution >= 0.6 is 23.2 Å². The largest absolute Gasteiger partial charge is 0.481 e. The summed E-state index contributed by atoms with van der Waals surface area (Å²) in [6.07, 6.45) is 0. The standard InChI is InChI=1S/C23H16Cl2O3/c1-14-7-10-18-20(11-14)28-22(15-5-3-2-4-6-15)23(21(18)26)27-13-16-8-9-17(24)12-19(16)25/h2-12H,13H2,1H3. The molecule has 0 saturated carbocycles. The van der Waals surface area contributed by atoms with Crippen molar-refractivity contribution >= 4 is 34.2 Å². The van der Waals surface area contributed by atoms with E-state index in [1.165, 1.54) is 0 Å². The van der Waals surface area contributed by atoms with E-state index in [0.717, 1.165) is 16.7 Å². The van der Waals surface area contributed by atoms with Gasteiger partial charge in [-0.15, -0.1) is 0 Å². The summed E-state index contributed by atoms with van der Waals surface area (Å²) >= 11 is 12.2. The minimum absolute atomic E-state index is 0.123. The maximum atomic E-state index is 13.2. The van der Waals surface area contributed by atoms with Gasteiger partial charge in [0.05, 0.1) is 5.39 Å². The molecule has 28 heavy (non-hydrogen) atoms. The van der Waals surface area contributed by atoms with Crippen LogP contribution < -0.4 is 10.2 Å². The lowest BCUT2D eigenvalue weighted by molar-refractivity contribution is 0.298. The Bertz CT molecular complexity index is 1210. The Hall–Kier alpha value is -2.75. The smallest absolute Gasteiger partial charge is 0.235 e. The number of rotatable bonds is 4. The number of hydrogen-bond acceptors (Lipinski definition) is 3. The molecule has 0 aliphatic heterocycles. The van der Waals surface area contributed by atoms with Crippen molar-refractivity contribution in [3.8, 4) is 17.1 Å². The Balaban J connectivity index is 1.84. The van der Waals surface area contributed by atoms with Crippen molar-refractivity contribution in [1.29, 1.82) is 0 Å². The predicted molar refractivity (Wildman–Crippen MR) is 113 cm³/mol. The minimum atomic E-state index is -0.217. The van der Waals surface area contributed by atoms with Crippen LogP contribution in [0.15, 0.2) is 75.9 Å². The Morgan fingerprint density at radius 3 is 2.50 bits per heavy atom. The van der Waals surface area contributed by atoms with E-state index < -0.39 is 0 Å². The third-order valence-electron chi connectivity index (χ3n) is 4.43. The summed E-state index contributed by atoms with van der Waals surface area (Å²) in [6.45, 7) is 2.08. The summed E-state index contributed by atoms with van der Waals surface area (Å²) in [5, 5.41) is 1.50. The van der Waals surface area contributed by atoms with Crippen molar-refractivity contribution in [2.45, 2.75) is 13.5 Å². The molecule has 0 aliphatic carbocycles. The molecule has 0 radical (unpaired) electrons. The average molecular weight is 411 g/mol. The Morgan fingerprint density at radius 1 is 0.964 bits per heavy atom. The lowest BCUT2D eigenvalue weighted by Crippen LogP contribution is -2.10. The van der Waals surface area contributed by atoms with Gasteiger partial charge in [0.25, 0.3) is 0 Å². The Kier molecular flexibility index (Phi) is 5.12. The molecular formula is C23H16Cl2O3. The molecule has 0 N–H and O–H groups in total. The van der Waals surface area contributed by atoms with Gasteiger partial charge < -0.3 is 9.15 Å². The van der Waals surface area contributed by atoms with Crippen LogP contribution in [0.5, 0.6) is 5.75 Å². The highest BCUT2D eigenvalue weighted by Crippen LogP contribution is 2.32. The molecule has 0 amide bonds. The molecule has 0 aliphatic rings. The molecule has 0 bridgehead atoms. The maximum Gasteiger partial charge on any atom is 0.235 e. The SMILES string of the molecule is Cc1ccc2c(=O)c(OCc3ccc(Cl)cc3Cl)c(-c3ccccc3)oc2c1. The number of hydrogen-bond donors (Lipinski definition) is 0. The molecule has 0 fully saturated rings. The van der Waals surface area contributed by atoms with E-state index in [1.54, 1.807) is 24.3 Å². The third kappa shape index (κ3) is 3.64. The molecular weight excluding hydrogens is 395 g/mol. The van der Waals surface area contributed by atoms with Crippen LogP contribution in [0.3, 0.4) is 0 Å². The monoisotopic (exact) mass is 410 g/mol. The summed E-state index contributed by atoms with van der Waals surface area (Å²) in [5.74, 6) is 0.558. The fourth-order valence-electron chi connectivity index (χ4n) is 2.98. The van der Waals surface area contributed by atoms with Gasteiger partial charge in [-0.3, -0.25) is 4.79 Å². The fourth-order valence-corrected chi connectivity index (χ4v) is 3.45. The van der Waals surface area contributed by atoms with Crippen molar-refractivity contribution in [1.82, 2.24) is 0 Å². The Labute approximate surface area is 172 Å². The summed E-state index contributed by atoms with van der Waals surface area (Å²) in [4.78, 5) is 13.2. The lowest BCUT2D eigenvalue weighted by Gasteiger charge is -2.13. The van der Waals surface area contributed by atoms with Crippen molar-refractivity contribution < 1.29 is 9.15 Å². The third-order valence-corrected chi connectivity index (χ3v) is 5.02. The molecule has 4 rings (SSSR count). The molecule has 0 atom stereocenters. The Morgan fingerprint density at radius 2 is 1.75 bits per heavy atom. The highest BCUT2D eigenvalue weighted by Gasteiger charge is 2.18. The van der Waals surface area contributed by atoms with Crippen molar-refractivity contribution in [2.75, 3.05) is 0 Å². The zero-order chi connectivity index (χ0) is 19.7. The van der Waals surface area contributed by atoms with E-state index >= 15 is 0 Å². The summed E-state index contributed by atoms with van der Waals surface area (Å²) in [6, 6.07) is 20.1. The number of benzene rings is 3. The van der Waals surface area contributed by atoms with Crippen LogP contribution in [0.1, 0.15) is 11.1 Å². The topological polar surface area (TPSA) is 39.4 Å². The van der Waals surface area contributed by atoms with Gasteiger partial charge in [0.15, 0.2) is 5.76 Å². The molecule has 0 spiro atoms. The van der Waals surface area contributed by atoms with Crippen LogP contribution in [-0.4, -0.2) is 0 Å².